The van der Waals surface area contributed by atoms with Crippen molar-refractivity contribution >= 4 is 28.6 Å². The van der Waals surface area contributed by atoms with Crippen LogP contribution in [0.15, 0.2) is 30.6 Å². The van der Waals surface area contributed by atoms with Gasteiger partial charge in [0.05, 0.1) is 10.9 Å². The zero-order valence-electron chi connectivity index (χ0n) is 11.5. The molecule has 2 aromatic heterocycles. The van der Waals surface area contributed by atoms with Crippen LogP contribution in [0.2, 0.25) is 4.34 Å². The molecule has 3 rings (SSSR count). The summed E-state index contributed by atoms with van der Waals surface area (Å²) in [6.07, 6.45) is 6.43. The summed E-state index contributed by atoms with van der Waals surface area (Å²) in [5.74, 6) is 0. The highest BCUT2D eigenvalue weighted by Gasteiger charge is 2.20. The van der Waals surface area contributed by atoms with Gasteiger partial charge in [-0.2, -0.15) is 0 Å². The van der Waals surface area contributed by atoms with E-state index in [1.54, 1.807) is 11.3 Å². The molecule has 0 atom stereocenters. The van der Waals surface area contributed by atoms with Gasteiger partial charge in [0.25, 0.3) is 0 Å². The number of aromatic nitrogens is 1. The average Bonchev–Trinajstić information content (AvgIpc) is 3.19. The van der Waals surface area contributed by atoms with Crippen LogP contribution >= 0.6 is 22.9 Å². The molecule has 1 aliphatic carbocycles. The van der Waals surface area contributed by atoms with E-state index in [-0.39, 0.29) is 0 Å². The third-order valence-corrected chi connectivity index (χ3v) is 4.69. The molecule has 0 unspecified atom stereocenters. The topological polar surface area (TPSA) is 28.2 Å². The summed E-state index contributed by atoms with van der Waals surface area (Å²) in [4.78, 5) is 7.78. The van der Waals surface area contributed by atoms with Crippen molar-refractivity contribution in [1.29, 1.82) is 0 Å². The second kappa shape index (κ2) is 6.12. The normalized spacial score (nSPS) is 14.5. The molecule has 0 saturated heterocycles. The monoisotopic (exact) mass is 307 g/mol. The van der Waals surface area contributed by atoms with Crippen molar-refractivity contribution in [2.24, 2.45) is 0 Å². The number of anilines is 1. The van der Waals surface area contributed by atoms with Gasteiger partial charge in [-0.15, -0.1) is 11.3 Å². The van der Waals surface area contributed by atoms with Gasteiger partial charge in [-0.3, -0.25) is 4.98 Å². The zero-order valence-corrected chi connectivity index (χ0v) is 13.0. The molecule has 2 aromatic rings. The number of pyridine rings is 1. The quantitative estimate of drug-likeness (QED) is 0.882. The van der Waals surface area contributed by atoms with Gasteiger partial charge >= 0.3 is 0 Å². The number of thiophene rings is 1. The Labute approximate surface area is 128 Å². The van der Waals surface area contributed by atoms with Crippen molar-refractivity contribution in [2.75, 3.05) is 11.9 Å². The highest BCUT2D eigenvalue weighted by atomic mass is 35.5. The van der Waals surface area contributed by atoms with E-state index in [2.05, 4.69) is 34.4 Å². The fourth-order valence-electron chi connectivity index (χ4n) is 2.23. The predicted molar refractivity (Wildman–Crippen MR) is 85.5 cm³/mol. The summed E-state index contributed by atoms with van der Waals surface area (Å²) in [7, 11) is 2.11. The number of hydrogen-bond acceptors (Lipinski definition) is 4. The fraction of sp³-hybridized carbons (Fsp3) is 0.400. The van der Waals surface area contributed by atoms with Crippen LogP contribution in [0.5, 0.6) is 0 Å². The molecule has 0 amide bonds. The van der Waals surface area contributed by atoms with Gasteiger partial charge in [0.1, 0.15) is 0 Å². The van der Waals surface area contributed by atoms with Gasteiger partial charge in [-0.05, 0) is 31.0 Å². The Kier molecular flexibility index (Phi) is 4.24. The van der Waals surface area contributed by atoms with Gasteiger partial charge in [-0.25, -0.2) is 0 Å². The molecule has 5 heteroatoms. The molecule has 0 aliphatic heterocycles. The smallest absolute Gasteiger partial charge is 0.0931 e. The Bertz CT molecular complexity index is 580. The lowest BCUT2D eigenvalue weighted by Crippen LogP contribution is -2.21. The Hall–Kier alpha value is -1.10. The van der Waals surface area contributed by atoms with Crippen LogP contribution in [0.25, 0.3) is 0 Å². The highest BCUT2D eigenvalue weighted by Crippen LogP contribution is 2.26. The van der Waals surface area contributed by atoms with E-state index in [0.717, 1.165) is 17.4 Å². The lowest BCUT2D eigenvalue weighted by atomic mass is 10.2. The summed E-state index contributed by atoms with van der Waals surface area (Å²) in [6, 6.07) is 6.84. The molecular formula is C15H18ClN3S. The van der Waals surface area contributed by atoms with Crippen molar-refractivity contribution in [3.05, 3.63) is 45.4 Å². The minimum absolute atomic E-state index is 0.712. The Morgan fingerprint density at radius 1 is 1.40 bits per heavy atom. The van der Waals surface area contributed by atoms with Gasteiger partial charge in [-0.1, -0.05) is 11.6 Å². The molecule has 0 spiro atoms. The van der Waals surface area contributed by atoms with E-state index in [1.807, 2.05) is 18.5 Å². The Morgan fingerprint density at radius 3 is 2.95 bits per heavy atom. The Morgan fingerprint density at radius 2 is 2.25 bits per heavy atom. The van der Waals surface area contributed by atoms with Crippen molar-refractivity contribution in [2.45, 2.75) is 32.0 Å². The minimum Gasteiger partial charge on any atom is -0.369 e. The number of rotatable bonds is 6. The molecule has 3 nitrogen and oxygen atoms in total. The fourth-order valence-corrected chi connectivity index (χ4v) is 3.37. The van der Waals surface area contributed by atoms with Gasteiger partial charge in [0, 0.05) is 48.2 Å². The summed E-state index contributed by atoms with van der Waals surface area (Å²) >= 11 is 7.63. The van der Waals surface area contributed by atoms with Crippen LogP contribution < -0.4 is 10.2 Å². The molecule has 1 aliphatic rings. The van der Waals surface area contributed by atoms with Crippen LogP contribution in [-0.4, -0.2) is 18.1 Å². The first kappa shape index (κ1) is 13.9. The van der Waals surface area contributed by atoms with Gasteiger partial charge < -0.3 is 10.2 Å². The first-order chi connectivity index (χ1) is 9.72. The zero-order chi connectivity index (χ0) is 13.9. The SMILES string of the molecule is CN(Cc1ccc(Cl)s1)c1ccncc1CNC1CC1. The van der Waals surface area contributed by atoms with Crippen molar-refractivity contribution in [3.63, 3.8) is 0 Å². The predicted octanol–water partition coefficient (Wildman–Crippen LogP) is 3.68. The highest BCUT2D eigenvalue weighted by molar-refractivity contribution is 7.16. The number of hydrogen-bond donors (Lipinski definition) is 1. The van der Waals surface area contributed by atoms with Crippen molar-refractivity contribution in [3.8, 4) is 0 Å². The van der Waals surface area contributed by atoms with Crippen LogP contribution in [0.1, 0.15) is 23.3 Å². The van der Waals surface area contributed by atoms with Gasteiger partial charge in [0.15, 0.2) is 0 Å². The maximum Gasteiger partial charge on any atom is 0.0931 e. The standard InChI is InChI=1S/C15H18ClN3S/c1-19(10-13-4-5-15(16)20-13)14-6-7-17-8-11(14)9-18-12-2-3-12/h4-8,12,18H,2-3,9-10H2,1H3. The van der Waals surface area contributed by atoms with Crippen LogP contribution in [0.4, 0.5) is 5.69 Å². The summed E-state index contributed by atoms with van der Waals surface area (Å²) < 4.78 is 0.846. The molecule has 2 heterocycles. The third-order valence-electron chi connectivity index (χ3n) is 3.47. The molecular weight excluding hydrogens is 290 g/mol. The first-order valence-electron chi connectivity index (χ1n) is 6.84. The van der Waals surface area contributed by atoms with E-state index in [9.17, 15) is 0 Å². The second-order valence-electron chi connectivity index (χ2n) is 5.22. The lowest BCUT2D eigenvalue weighted by Gasteiger charge is -2.21. The molecule has 106 valence electrons. The molecule has 20 heavy (non-hydrogen) atoms. The number of halogens is 1. The molecule has 1 saturated carbocycles. The molecule has 0 bridgehead atoms. The maximum absolute atomic E-state index is 5.99. The summed E-state index contributed by atoms with van der Waals surface area (Å²) in [6.45, 7) is 1.77. The van der Waals surface area contributed by atoms with E-state index in [0.29, 0.717) is 6.04 Å². The van der Waals surface area contributed by atoms with Crippen molar-refractivity contribution < 1.29 is 0 Å². The number of nitrogens with zero attached hydrogens (tertiary/aromatic N) is 2. The molecule has 1 N–H and O–H groups in total. The summed E-state index contributed by atoms with van der Waals surface area (Å²) in [5.41, 5.74) is 2.49. The van der Waals surface area contributed by atoms with Crippen LogP contribution in [-0.2, 0) is 13.1 Å². The summed E-state index contributed by atoms with van der Waals surface area (Å²) in [5, 5.41) is 3.55. The average molecular weight is 308 g/mol. The van der Waals surface area contributed by atoms with Crippen LogP contribution in [0.3, 0.4) is 0 Å². The van der Waals surface area contributed by atoms with E-state index in [1.165, 1.54) is 29.0 Å². The van der Waals surface area contributed by atoms with Gasteiger partial charge in [0.2, 0.25) is 0 Å². The minimum atomic E-state index is 0.712. The molecule has 0 radical (unpaired) electrons. The van der Waals surface area contributed by atoms with E-state index in [4.69, 9.17) is 11.6 Å². The second-order valence-corrected chi connectivity index (χ2v) is 7.02. The van der Waals surface area contributed by atoms with Crippen molar-refractivity contribution in [1.82, 2.24) is 10.3 Å². The van der Waals surface area contributed by atoms with Crippen LogP contribution in [0, 0.1) is 0 Å². The largest absolute Gasteiger partial charge is 0.369 e. The maximum atomic E-state index is 5.99. The molecule has 0 aromatic carbocycles. The Balaban J connectivity index is 1.70. The third kappa shape index (κ3) is 3.51. The van der Waals surface area contributed by atoms with E-state index < -0.39 is 0 Å². The van der Waals surface area contributed by atoms with E-state index >= 15 is 0 Å². The lowest BCUT2D eigenvalue weighted by molar-refractivity contribution is 0.683. The number of nitrogens with one attached hydrogen (secondary N) is 1. The first-order valence-corrected chi connectivity index (χ1v) is 8.03. The molecule has 1 fully saturated rings.